The van der Waals surface area contributed by atoms with Crippen LogP contribution < -0.4 is 11.1 Å². The molecule has 24 heavy (non-hydrogen) atoms. The van der Waals surface area contributed by atoms with E-state index < -0.39 is 5.91 Å². The number of ketones is 1. The average Bonchev–Trinajstić information content (AvgIpc) is 2.45. The predicted molar refractivity (Wildman–Crippen MR) is 98.0 cm³/mol. The molecule has 2 aromatic rings. The fraction of sp³-hybridized carbons (Fsp3) is 0.263. The molecule has 126 valence electrons. The quantitative estimate of drug-likeness (QED) is 0.799. The van der Waals surface area contributed by atoms with Crippen LogP contribution in [0.15, 0.2) is 24.3 Å². The zero-order chi connectivity index (χ0) is 18.0. The maximum atomic E-state index is 11.9. The van der Waals surface area contributed by atoms with Crippen LogP contribution in [-0.2, 0) is 6.54 Å². The second kappa shape index (κ2) is 7.05. The third-order valence-corrected chi connectivity index (χ3v) is 4.50. The summed E-state index contributed by atoms with van der Waals surface area (Å²) in [5, 5.41) is 3.60. The Labute approximate surface area is 147 Å². The Morgan fingerprint density at radius 3 is 2.33 bits per heavy atom. The lowest BCUT2D eigenvalue weighted by Gasteiger charge is -2.17. The number of carbonyl (C=O) groups is 2. The van der Waals surface area contributed by atoms with E-state index >= 15 is 0 Å². The van der Waals surface area contributed by atoms with Gasteiger partial charge in [0, 0.05) is 17.8 Å². The fourth-order valence-electron chi connectivity index (χ4n) is 3.06. The number of rotatable bonds is 5. The molecular weight excluding hydrogens is 324 g/mol. The number of aryl methyl sites for hydroxylation is 2. The number of amides is 1. The molecule has 4 nitrogen and oxygen atoms in total. The van der Waals surface area contributed by atoms with Crippen LogP contribution in [0.5, 0.6) is 0 Å². The summed E-state index contributed by atoms with van der Waals surface area (Å²) in [5.41, 5.74) is 11.3. The Morgan fingerprint density at radius 1 is 1.12 bits per heavy atom. The van der Waals surface area contributed by atoms with Gasteiger partial charge < -0.3 is 11.1 Å². The monoisotopic (exact) mass is 344 g/mol. The Morgan fingerprint density at radius 2 is 1.79 bits per heavy atom. The van der Waals surface area contributed by atoms with E-state index in [1.807, 2.05) is 26.8 Å². The van der Waals surface area contributed by atoms with Gasteiger partial charge in [-0.25, -0.2) is 0 Å². The SMILES string of the molecule is CC(=O)c1c(C)cc(C)c(CNc2ccc(C(N)=O)c(Cl)c2)c1C. The van der Waals surface area contributed by atoms with Gasteiger partial charge in [-0.1, -0.05) is 17.7 Å². The van der Waals surface area contributed by atoms with E-state index in [4.69, 9.17) is 17.3 Å². The third kappa shape index (κ3) is 3.60. The smallest absolute Gasteiger partial charge is 0.250 e. The summed E-state index contributed by atoms with van der Waals surface area (Å²) in [6, 6.07) is 7.07. The molecule has 5 heteroatoms. The fourth-order valence-corrected chi connectivity index (χ4v) is 3.33. The number of Topliss-reactive ketones (excluding diaryl/α,β-unsaturated/α-hetero) is 1. The van der Waals surface area contributed by atoms with E-state index in [0.29, 0.717) is 17.1 Å². The van der Waals surface area contributed by atoms with Crippen LogP contribution in [0.3, 0.4) is 0 Å². The maximum absolute atomic E-state index is 11.9. The minimum Gasteiger partial charge on any atom is -0.381 e. The van der Waals surface area contributed by atoms with Crippen molar-refractivity contribution in [3.05, 3.63) is 62.7 Å². The predicted octanol–water partition coefficient (Wildman–Crippen LogP) is 4.18. The largest absolute Gasteiger partial charge is 0.381 e. The molecule has 0 atom stereocenters. The van der Waals surface area contributed by atoms with Crippen molar-refractivity contribution < 1.29 is 9.59 Å². The number of primary amides is 1. The molecule has 0 unspecified atom stereocenters. The number of nitrogens with one attached hydrogen (secondary N) is 1. The second-order valence-corrected chi connectivity index (χ2v) is 6.36. The van der Waals surface area contributed by atoms with Crippen molar-refractivity contribution in [3.63, 3.8) is 0 Å². The highest BCUT2D eigenvalue weighted by Gasteiger charge is 2.14. The van der Waals surface area contributed by atoms with Crippen molar-refractivity contribution in [2.75, 3.05) is 5.32 Å². The zero-order valence-electron chi connectivity index (χ0n) is 14.3. The third-order valence-electron chi connectivity index (χ3n) is 4.19. The first kappa shape index (κ1) is 18.0. The lowest BCUT2D eigenvalue weighted by Crippen LogP contribution is -2.12. The van der Waals surface area contributed by atoms with Crippen molar-refractivity contribution in [2.45, 2.75) is 34.2 Å². The van der Waals surface area contributed by atoms with Gasteiger partial charge in [0.05, 0.1) is 10.6 Å². The summed E-state index contributed by atoms with van der Waals surface area (Å²) in [7, 11) is 0. The van der Waals surface area contributed by atoms with Crippen molar-refractivity contribution in [1.29, 1.82) is 0 Å². The minimum atomic E-state index is -0.553. The maximum Gasteiger partial charge on any atom is 0.250 e. The van der Waals surface area contributed by atoms with Gasteiger partial charge in [0.25, 0.3) is 0 Å². The summed E-state index contributed by atoms with van der Waals surface area (Å²) in [5.74, 6) is -0.483. The van der Waals surface area contributed by atoms with Crippen molar-refractivity contribution in [2.24, 2.45) is 5.73 Å². The molecule has 0 saturated carbocycles. The molecule has 0 aliphatic rings. The molecule has 0 aliphatic heterocycles. The molecule has 0 aliphatic carbocycles. The molecule has 0 aromatic heterocycles. The topological polar surface area (TPSA) is 72.2 Å². The number of hydrogen-bond acceptors (Lipinski definition) is 3. The van der Waals surface area contributed by atoms with Crippen LogP contribution in [0.4, 0.5) is 5.69 Å². The lowest BCUT2D eigenvalue weighted by atomic mass is 9.91. The summed E-state index contributed by atoms with van der Waals surface area (Å²) in [6.45, 7) is 8.10. The molecule has 0 radical (unpaired) electrons. The number of carbonyl (C=O) groups excluding carboxylic acids is 2. The number of nitrogens with two attached hydrogens (primary N) is 1. The molecule has 0 bridgehead atoms. The van der Waals surface area contributed by atoms with E-state index in [9.17, 15) is 9.59 Å². The summed E-state index contributed by atoms with van der Waals surface area (Å²) >= 11 is 6.07. The van der Waals surface area contributed by atoms with Crippen LogP contribution in [0.2, 0.25) is 5.02 Å². The molecule has 0 spiro atoms. The summed E-state index contributed by atoms with van der Waals surface area (Å²) < 4.78 is 0. The molecule has 0 saturated heterocycles. The second-order valence-electron chi connectivity index (χ2n) is 5.96. The van der Waals surface area contributed by atoms with Gasteiger partial charge in [0.15, 0.2) is 5.78 Å². The minimum absolute atomic E-state index is 0.0695. The van der Waals surface area contributed by atoms with Crippen LogP contribution in [0, 0.1) is 20.8 Å². The van der Waals surface area contributed by atoms with Crippen molar-refractivity contribution in [1.82, 2.24) is 0 Å². The number of anilines is 1. The standard InChI is InChI=1S/C19H21ClN2O2/c1-10-7-11(2)18(13(4)23)12(3)16(10)9-22-14-5-6-15(19(21)24)17(20)8-14/h5-8,22H,9H2,1-4H3,(H2,21,24). The molecule has 1 amide bonds. The van der Waals surface area contributed by atoms with Gasteiger partial charge >= 0.3 is 0 Å². The van der Waals surface area contributed by atoms with Crippen LogP contribution in [-0.4, -0.2) is 11.7 Å². The highest BCUT2D eigenvalue weighted by molar-refractivity contribution is 6.34. The molecule has 0 heterocycles. The lowest BCUT2D eigenvalue weighted by molar-refractivity contribution is 0.0996. The average molecular weight is 345 g/mol. The molecule has 2 rings (SSSR count). The number of hydrogen-bond donors (Lipinski definition) is 2. The van der Waals surface area contributed by atoms with E-state index in [0.717, 1.165) is 33.5 Å². The normalized spacial score (nSPS) is 10.5. The van der Waals surface area contributed by atoms with Gasteiger partial charge in [-0.15, -0.1) is 0 Å². The summed E-state index contributed by atoms with van der Waals surface area (Å²) in [4.78, 5) is 23.1. The van der Waals surface area contributed by atoms with Crippen LogP contribution >= 0.6 is 11.6 Å². The molecule has 2 aromatic carbocycles. The molecular formula is C19H21ClN2O2. The van der Waals surface area contributed by atoms with Crippen LogP contribution in [0.1, 0.15) is 49.9 Å². The van der Waals surface area contributed by atoms with E-state index in [2.05, 4.69) is 5.32 Å². The van der Waals surface area contributed by atoms with Crippen molar-refractivity contribution in [3.8, 4) is 0 Å². The first-order chi connectivity index (χ1) is 11.2. The summed E-state index contributed by atoms with van der Waals surface area (Å²) in [6.07, 6.45) is 0. The van der Waals surface area contributed by atoms with Gasteiger partial charge in [-0.2, -0.15) is 0 Å². The van der Waals surface area contributed by atoms with E-state index in [1.165, 1.54) is 0 Å². The van der Waals surface area contributed by atoms with Crippen molar-refractivity contribution >= 4 is 29.0 Å². The Bertz CT molecular complexity index is 829. The highest BCUT2D eigenvalue weighted by atomic mass is 35.5. The Kier molecular flexibility index (Phi) is 5.30. The van der Waals surface area contributed by atoms with Gasteiger partial charge in [0.2, 0.25) is 5.91 Å². The van der Waals surface area contributed by atoms with Crippen LogP contribution in [0.25, 0.3) is 0 Å². The Balaban J connectivity index is 2.30. The van der Waals surface area contributed by atoms with Gasteiger partial charge in [0.1, 0.15) is 0 Å². The van der Waals surface area contributed by atoms with E-state index in [-0.39, 0.29) is 5.78 Å². The highest BCUT2D eigenvalue weighted by Crippen LogP contribution is 2.25. The Hall–Kier alpha value is -2.33. The van der Waals surface area contributed by atoms with Gasteiger partial charge in [-0.05, 0) is 68.1 Å². The first-order valence-electron chi connectivity index (χ1n) is 7.66. The number of benzene rings is 2. The molecule has 3 N–H and O–H groups in total. The zero-order valence-corrected chi connectivity index (χ0v) is 15.0. The van der Waals surface area contributed by atoms with E-state index in [1.54, 1.807) is 25.1 Å². The van der Waals surface area contributed by atoms with Gasteiger partial charge in [-0.3, -0.25) is 9.59 Å². The number of halogens is 1. The first-order valence-corrected chi connectivity index (χ1v) is 8.04. The molecule has 0 fully saturated rings.